The fourth-order valence-electron chi connectivity index (χ4n) is 1.51. The van der Waals surface area contributed by atoms with Gasteiger partial charge in [0.2, 0.25) is 0 Å². The van der Waals surface area contributed by atoms with Gasteiger partial charge in [-0.2, -0.15) is 0 Å². The molecule has 0 bridgehead atoms. The van der Waals surface area contributed by atoms with Gasteiger partial charge in [-0.15, -0.1) is 0 Å². The molecule has 92 valence electrons. The number of carbonyl (C=O) groups excluding carboxylic acids is 1. The van der Waals surface area contributed by atoms with Crippen molar-refractivity contribution in [2.24, 2.45) is 5.73 Å². The Labute approximate surface area is 107 Å². The van der Waals surface area contributed by atoms with Crippen molar-refractivity contribution in [3.8, 4) is 11.1 Å². The van der Waals surface area contributed by atoms with Crippen molar-refractivity contribution in [1.29, 1.82) is 0 Å². The van der Waals surface area contributed by atoms with Crippen LogP contribution >= 0.6 is 11.6 Å². The molecule has 2 aromatic rings. The second-order valence-corrected chi connectivity index (χ2v) is 4.06. The van der Waals surface area contributed by atoms with E-state index in [9.17, 15) is 9.18 Å². The highest BCUT2D eigenvalue weighted by Gasteiger charge is 2.10. The molecule has 4 nitrogen and oxygen atoms in total. The van der Waals surface area contributed by atoms with Crippen molar-refractivity contribution >= 4 is 23.3 Å². The lowest BCUT2D eigenvalue weighted by molar-refractivity contribution is 0.100. The minimum absolute atomic E-state index is 0.0253. The average molecular weight is 266 g/mol. The van der Waals surface area contributed by atoms with Gasteiger partial charge in [0.15, 0.2) is 0 Å². The molecular weight excluding hydrogens is 257 g/mol. The predicted octanol–water partition coefficient (Wildman–Crippen LogP) is 2.22. The van der Waals surface area contributed by atoms with E-state index < -0.39 is 11.7 Å². The lowest BCUT2D eigenvalue weighted by atomic mass is 10.1. The summed E-state index contributed by atoms with van der Waals surface area (Å²) in [5.41, 5.74) is 11.8. The number of aromatic nitrogens is 1. The maximum absolute atomic E-state index is 13.3. The van der Waals surface area contributed by atoms with Crippen LogP contribution in [0, 0.1) is 5.82 Å². The van der Waals surface area contributed by atoms with Crippen LogP contribution in [0.3, 0.4) is 0 Å². The highest BCUT2D eigenvalue weighted by molar-refractivity contribution is 6.30. The summed E-state index contributed by atoms with van der Waals surface area (Å²) in [6, 6.07) is 5.75. The normalized spacial score (nSPS) is 10.3. The van der Waals surface area contributed by atoms with Gasteiger partial charge in [-0.25, -0.2) is 9.37 Å². The Morgan fingerprint density at radius 3 is 2.61 bits per heavy atom. The van der Waals surface area contributed by atoms with E-state index in [-0.39, 0.29) is 16.4 Å². The van der Waals surface area contributed by atoms with Crippen LogP contribution in [0.25, 0.3) is 11.1 Å². The molecule has 0 radical (unpaired) electrons. The molecule has 1 aromatic carbocycles. The fraction of sp³-hybridized carbons (Fsp3) is 0. The van der Waals surface area contributed by atoms with Gasteiger partial charge < -0.3 is 11.5 Å². The summed E-state index contributed by atoms with van der Waals surface area (Å²) >= 11 is 5.59. The van der Waals surface area contributed by atoms with Crippen LogP contribution in [0.15, 0.2) is 30.5 Å². The quantitative estimate of drug-likeness (QED) is 0.873. The van der Waals surface area contributed by atoms with Crippen molar-refractivity contribution in [2.75, 3.05) is 5.73 Å². The van der Waals surface area contributed by atoms with E-state index in [1.807, 2.05) is 0 Å². The maximum Gasteiger partial charge on any atom is 0.252 e. The van der Waals surface area contributed by atoms with E-state index in [1.165, 1.54) is 24.4 Å². The predicted molar refractivity (Wildman–Crippen MR) is 67.6 cm³/mol. The first-order valence-electron chi connectivity index (χ1n) is 5.00. The summed E-state index contributed by atoms with van der Waals surface area (Å²) in [7, 11) is 0. The number of nitrogens with zero attached hydrogens (tertiary/aromatic N) is 1. The first kappa shape index (κ1) is 12.3. The van der Waals surface area contributed by atoms with Crippen LogP contribution in [-0.4, -0.2) is 10.9 Å². The van der Waals surface area contributed by atoms with Crippen molar-refractivity contribution in [3.05, 3.63) is 46.9 Å². The van der Waals surface area contributed by atoms with E-state index in [2.05, 4.69) is 4.98 Å². The SMILES string of the molecule is NC(=O)c1cc(-c2ccc(Cl)c(F)c2)cnc1N. The Balaban J connectivity index is 2.54. The van der Waals surface area contributed by atoms with Crippen LogP contribution in [0.5, 0.6) is 0 Å². The highest BCUT2D eigenvalue weighted by Crippen LogP contribution is 2.25. The number of amides is 1. The molecule has 0 saturated heterocycles. The monoisotopic (exact) mass is 265 g/mol. The van der Waals surface area contributed by atoms with Gasteiger partial charge in [0.1, 0.15) is 11.6 Å². The molecule has 0 spiro atoms. The van der Waals surface area contributed by atoms with E-state index in [0.717, 1.165) is 0 Å². The van der Waals surface area contributed by atoms with Gasteiger partial charge in [0.25, 0.3) is 5.91 Å². The first-order valence-corrected chi connectivity index (χ1v) is 5.37. The number of carbonyl (C=O) groups is 1. The molecule has 0 saturated carbocycles. The summed E-state index contributed by atoms with van der Waals surface area (Å²) < 4.78 is 13.3. The summed E-state index contributed by atoms with van der Waals surface area (Å²) in [4.78, 5) is 15.0. The van der Waals surface area contributed by atoms with E-state index in [0.29, 0.717) is 11.1 Å². The van der Waals surface area contributed by atoms with Crippen LogP contribution in [0.4, 0.5) is 10.2 Å². The van der Waals surface area contributed by atoms with Gasteiger partial charge in [-0.3, -0.25) is 4.79 Å². The third-order valence-corrected chi connectivity index (χ3v) is 2.74. The van der Waals surface area contributed by atoms with Crippen LogP contribution in [0.1, 0.15) is 10.4 Å². The molecule has 0 atom stereocenters. The number of rotatable bonds is 2. The van der Waals surface area contributed by atoms with Gasteiger partial charge in [0, 0.05) is 11.8 Å². The van der Waals surface area contributed by atoms with E-state index in [1.54, 1.807) is 6.07 Å². The zero-order valence-corrected chi connectivity index (χ0v) is 9.91. The lowest BCUT2D eigenvalue weighted by Crippen LogP contribution is -2.14. The lowest BCUT2D eigenvalue weighted by Gasteiger charge is -2.06. The largest absolute Gasteiger partial charge is 0.383 e. The Bertz CT molecular complexity index is 631. The third-order valence-electron chi connectivity index (χ3n) is 2.44. The van der Waals surface area contributed by atoms with Gasteiger partial charge >= 0.3 is 0 Å². The number of nitrogen functional groups attached to an aromatic ring is 1. The minimum Gasteiger partial charge on any atom is -0.383 e. The number of benzene rings is 1. The van der Waals surface area contributed by atoms with Gasteiger partial charge in [-0.1, -0.05) is 17.7 Å². The standard InChI is InChI=1S/C12H9ClFN3O/c13-9-2-1-6(4-10(9)14)7-3-8(12(16)18)11(15)17-5-7/h1-5H,(H2,15,17)(H2,16,18). The van der Waals surface area contributed by atoms with Crippen molar-refractivity contribution in [1.82, 2.24) is 4.98 Å². The van der Waals surface area contributed by atoms with E-state index >= 15 is 0 Å². The molecule has 0 fully saturated rings. The first-order chi connectivity index (χ1) is 8.49. The molecule has 0 aliphatic heterocycles. The molecule has 2 rings (SSSR count). The Kier molecular flexibility index (Phi) is 3.16. The number of halogens is 2. The summed E-state index contributed by atoms with van der Waals surface area (Å²) in [5, 5.41) is 0.0253. The average Bonchev–Trinajstić information content (AvgIpc) is 2.33. The summed E-state index contributed by atoms with van der Waals surface area (Å²) in [5.74, 6) is -1.19. The Morgan fingerprint density at radius 1 is 1.28 bits per heavy atom. The number of pyridine rings is 1. The molecule has 0 aliphatic carbocycles. The number of primary amides is 1. The molecular formula is C12H9ClFN3O. The molecule has 6 heteroatoms. The topological polar surface area (TPSA) is 82.0 Å². The Morgan fingerprint density at radius 2 is 2.00 bits per heavy atom. The van der Waals surface area contributed by atoms with Crippen LogP contribution in [-0.2, 0) is 0 Å². The second kappa shape index (κ2) is 4.62. The Hall–Kier alpha value is -2.14. The van der Waals surface area contributed by atoms with Gasteiger partial charge in [0.05, 0.1) is 10.6 Å². The molecule has 1 amide bonds. The zero-order chi connectivity index (χ0) is 13.3. The number of anilines is 1. The third kappa shape index (κ3) is 2.26. The molecule has 0 aliphatic rings. The summed E-state index contributed by atoms with van der Waals surface area (Å²) in [6.07, 6.45) is 1.43. The van der Waals surface area contributed by atoms with Crippen LogP contribution in [0.2, 0.25) is 5.02 Å². The molecule has 4 N–H and O–H groups in total. The fourth-order valence-corrected chi connectivity index (χ4v) is 1.62. The van der Waals surface area contributed by atoms with Gasteiger partial charge in [-0.05, 0) is 23.8 Å². The van der Waals surface area contributed by atoms with Crippen molar-refractivity contribution in [2.45, 2.75) is 0 Å². The van der Waals surface area contributed by atoms with Crippen molar-refractivity contribution < 1.29 is 9.18 Å². The van der Waals surface area contributed by atoms with Crippen LogP contribution < -0.4 is 11.5 Å². The van der Waals surface area contributed by atoms with Crippen molar-refractivity contribution in [3.63, 3.8) is 0 Å². The highest BCUT2D eigenvalue weighted by atomic mass is 35.5. The molecule has 0 unspecified atom stereocenters. The molecule has 1 aromatic heterocycles. The maximum atomic E-state index is 13.3. The molecule has 18 heavy (non-hydrogen) atoms. The zero-order valence-electron chi connectivity index (χ0n) is 9.15. The number of hydrogen-bond acceptors (Lipinski definition) is 3. The number of hydrogen-bond donors (Lipinski definition) is 2. The summed E-state index contributed by atoms with van der Waals surface area (Å²) in [6.45, 7) is 0. The second-order valence-electron chi connectivity index (χ2n) is 3.65. The minimum atomic E-state index is -0.684. The molecule has 1 heterocycles. The smallest absolute Gasteiger partial charge is 0.252 e. The number of nitrogens with two attached hydrogens (primary N) is 2. The van der Waals surface area contributed by atoms with E-state index in [4.69, 9.17) is 23.1 Å².